The molecule has 108 valence electrons. The van der Waals surface area contributed by atoms with Crippen molar-refractivity contribution in [3.63, 3.8) is 0 Å². The van der Waals surface area contributed by atoms with E-state index in [9.17, 15) is 19.8 Å². The molecule has 1 fully saturated rings. The molecule has 1 amide bonds. The monoisotopic (exact) mass is 279 g/mol. The maximum Gasteiger partial charge on any atom is 0.328 e. The molecule has 1 aliphatic rings. The Kier molecular flexibility index (Phi) is 4.12. The maximum absolute atomic E-state index is 12.4. The minimum absolute atomic E-state index is 0.233. The molecule has 2 N–H and O–H groups in total. The van der Waals surface area contributed by atoms with Crippen LogP contribution in [0, 0.1) is 0 Å². The van der Waals surface area contributed by atoms with E-state index >= 15 is 0 Å². The maximum atomic E-state index is 12.4. The number of benzene rings is 1. The van der Waals surface area contributed by atoms with Crippen LogP contribution in [-0.2, 0) is 9.53 Å². The van der Waals surface area contributed by atoms with Crippen molar-refractivity contribution in [3.8, 4) is 11.5 Å². The number of likely N-dealkylation sites (tertiary alicyclic amines) is 1. The fourth-order valence-electron chi connectivity index (χ4n) is 2.38. The van der Waals surface area contributed by atoms with Gasteiger partial charge in [-0.2, -0.15) is 0 Å². The van der Waals surface area contributed by atoms with Gasteiger partial charge in [0, 0.05) is 12.1 Å². The Balaban J connectivity index is 2.25. The Hall–Kier alpha value is -2.24. The molecule has 2 rings (SSSR count). The van der Waals surface area contributed by atoms with Crippen LogP contribution in [0.25, 0.3) is 0 Å². The number of carbonyl (C=O) groups excluding carboxylic acids is 2. The van der Waals surface area contributed by atoms with Crippen LogP contribution in [0.1, 0.15) is 29.6 Å². The second-order valence-electron chi connectivity index (χ2n) is 4.74. The fraction of sp³-hybridized carbons (Fsp3) is 0.429. The summed E-state index contributed by atoms with van der Waals surface area (Å²) < 4.78 is 4.73. The van der Waals surface area contributed by atoms with E-state index in [-0.39, 0.29) is 23.0 Å². The number of phenolic OH excluding ortho intramolecular Hbond substituents is 2. The molecular weight excluding hydrogens is 262 g/mol. The van der Waals surface area contributed by atoms with Crippen molar-refractivity contribution in [2.45, 2.75) is 25.3 Å². The van der Waals surface area contributed by atoms with Crippen LogP contribution in [0.3, 0.4) is 0 Å². The average Bonchev–Trinajstić information content (AvgIpc) is 2.48. The first-order valence-corrected chi connectivity index (χ1v) is 6.45. The summed E-state index contributed by atoms with van der Waals surface area (Å²) in [7, 11) is 1.30. The zero-order valence-electron chi connectivity index (χ0n) is 11.2. The van der Waals surface area contributed by atoms with Gasteiger partial charge >= 0.3 is 5.97 Å². The van der Waals surface area contributed by atoms with Crippen LogP contribution in [0.5, 0.6) is 11.5 Å². The number of methoxy groups -OCH3 is 1. The van der Waals surface area contributed by atoms with E-state index < -0.39 is 12.0 Å². The minimum Gasteiger partial charge on any atom is -0.504 e. The van der Waals surface area contributed by atoms with Crippen molar-refractivity contribution in [1.82, 2.24) is 4.90 Å². The van der Waals surface area contributed by atoms with Gasteiger partial charge in [0.2, 0.25) is 0 Å². The molecule has 1 atom stereocenters. The van der Waals surface area contributed by atoms with E-state index in [1.807, 2.05) is 0 Å². The molecule has 20 heavy (non-hydrogen) atoms. The number of phenols is 2. The number of piperidine rings is 1. The lowest BCUT2D eigenvalue weighted by molar-refractivity contribution is -0.147. The summed E-state index contributed by atoms with van der Waals surface area (Å²) in [5, 5.41) is 18.7. The minimum atomic E-state index is -0.586. The van der Waals surface area contributed by atoms with Crippen molar-refractivity contribution in [2.24, 2.45) is 0 Å². The summed E-state index contributed by atoms with van der Waals surface area (Å²) in [6, 6.07) is 3.28. The Morgan fingerprint density at radius 1 is 1.25 bits per heavy atom. The fourth-order valence-corrected chi connectivity index (χ4v) is 2.38. The van der Waals surface area contributed by atoms with Gasteiger partial charge in [-0.15, -0.1) is 0 Å². The van der Waals surface area contributed by atoms with E-state index in [1.165, 1.54) is 30.2 Å². The highest BCUT2D eigenvalue weighted by Crippen LogP contribution is 2.27. The summed E-state index contributed by atoms with van der Waals surface area (Å²) in [6.45, 7) is 0.472. The molecule has 1 saturated heterocycles. The topological polar surface area (TPSA) is 87.1 Å². The van der Waals surface area contributed by atoms with Crippen molar-refractivity contribution in [1.29, 1.82) is 0 Å². The van der Waals surface area contributed by atoms with Gasteiger partial charge < -0.3 is 19.8 Å². The van der Waals surface area contributed by atoms with Crippen LogP contribution >= 0.6 is 0 Å². The normalized spacial score (nSPS) is 18.6. The van der Waals surface area contributed by atoms with E-state index in [2.05, 4.69) is 0 Å². The van der Waals surface area contributed by atoms with E-state index in [4.69, 9.17) is 4.74 Å². The number of aromatic hydroxyl groups is 2. The lowest BCUT2D eigenvalue weighted by Gasteiger charge is -2.33. The molecule has 0 aliphatic carbocycles. The molecule has 0 aromatic heterocycles. The second kappa shape index (κ2) is 5.81. The number of esters is 1. The van der Waals surface area contributed by atoms with Crippen LogP contribution in [0.15, 0.2) is 18.2 Å². The van der Waals surface area contributed by atoms with Crippen molar-refractivity contribution in [3.05, 3.63) is 23.8 Å². The summed E-state index contributed by atoms with van der Waals surface area (Å²) in [5.74, 6) is -1.43. The molecule has 1 aromatic carbocycles. The Bertz CT molecular complexity index is 528. The molecule has 1 aromatic rings. The number of rotatable bonds is 2. The third kappa shape index (κ3) is 2.68. The molecule has 0 saturated carbocycles. The number of hydrogen-bond acceptors (Lipinski definition) is 5. The number of nitrogens with zero attached hydrogens (tertiary/aromatic N) is 1. The van der Waals surface area contributed by atoms with Gasteiger partial charge in [0.15, 0.2) is 11.5 Å². The van der Waals surface area contributed by atoms with Crippen LogP contribution in [0.4, 0.5) is 0 Å². The predicted molar refractivity (Wildman–Crippen MR) is 70.5 cm³/mol. The smallest absolute Gasteiger partial charge is 0.328 e. The molecule has 0 radical (unpaired) electrons. The first kappa shape index (κ1) is 14.2. The summed E-state index contributed by atoms with van der Waals surface area (Å²) in [4.78, 5) is 25.6. The molecular formula is C14H17NO5. The highest BCUT2D eigenvalue weighted by atomic mass is 16.5. The Morgan fingerprint density at radius 2 is 2.00 bits per heavy atom. The third-order valence-electron chi connectivity index (χ3n) is 3.46. The number of carbonyl (C=O) groups is 2. The van der Waals surface area contributed by atoms with Crippen LogP contribution in [-0.4, -0.2) is 46.7 Å². The van der Waals surface area contributed by atoms with Gasteiger partial charge in [-0.25, -0.2) is 4.79 Å². The largest absolute Gasteiger partial charge is 0.504 e. The SMILES string of the molecule is COC(=O)C1CCCCN1C(=O)c1ccc(O)c(O)c1. The van der Waals surface area contributed by atoms with Gasteiger partial charge in [0.05, 0.1) is 7.11 Å². The molecule has 1 aliphatic heterocycles. The first-order valence-electron chi connectivity index (χ1n) is 6.45. The average molecular weight is 279 g/mol. The van der Waals surface area contributed by atoms with Gasteiger partial charge in [-0.3, -0.25) is 4.79 Å². The summed E-state index contributed by atoms with van der Waals surface area (Å²) in [6.07, 6.45) is 2.26. The van der Waals surface area contributed by atoms with Crippen molar-refractivity contribution >= 4 is 11.9 Å². The standard InChI is InChI=1S/C14H17NO5/c1-20-14(19)10-4-2-3-7-15(10)13(18)9-5-6-11(16)12(17)8-9/h5-6,8,10,16-17H,2-4,7H2,1H3. The highest BCUT2D eigenvalue weighted by molar-refractivity contribution is 5.97. The van der Waals surface area contributed by atoms with Crippen molar-refractivity contribution < 1.29 is 24.5 Å². The van der Waals surface area contributed by atoms with Crippen molar-refractivity contribution in [2.75, 3.05) is 13.7 Å². The first-order chi connectivity index (χ1) is 9.54. The zero-order valence-corrected chi connectivity index (χ0v) is 11.2. The van der Waals surface area contributed by atoms with Gasteiger partial charge in [0.25, 0.3) is 5.91 Å². The molecule has 0 spiro atoms. The number of hydrogen-bond donors (Lipinski definition) is 2. The quantitative estimate of drug-likeness (QED) is 0.628. The lowest BCUT2D eigenvalue weighted by atomic mass is 10.0. The third-order valence-corrected chi connectivity index (χ3v) is 3.46. The van der Waals surface area contributed by atoms with E-state index in [1.54, 1.807) is 0 Å². The summed E-state index contributed by atoms with van der Waals surface area (Å²) in [5.41, 5.74) is 0.233. The van der Waals surface area contributed by atoms with Crippen LogP contribution < -0.4 is 0 Å². The molecule has 6 heteroatoms. The van der Waals surface area contributed by atoms with Gasteiger partial charge in [-0.1, -0.05) is 0 Å². The molecule has 1 heterocycles. The van der Waals surface area contributed by atoms with Gasteiger partial charge in [0.1, 0.15) is 6.04 Å². The zero-order chi connectivity index (χ0) is 14.7. The van der Waals surface area contributed by atoms with E-state index in [0.717, 1.165) is 12.8 Å². The Labute approximate surface area is 116 Å². The highest BCUT2D eigenvalue weighted by Gasteiger charge is 2.33. The number of ether oxygens (including phenoxy) is 1. The van der Waals surface area contributed by atoms with Gasteiger partial charge in [-0.05, 0) is 37.5 Å². The molecule has 6 nitrogen and oxygen atoms in total. The Morgan fingerprint density at radius 3 is 2.65 bits per heavy atom. The van der Waals surface area contributed by atoms with E-state index in [0.29, 0.717) is 13.0 Å². The predicted octanol–water partition coefficient (Wildman–Crippen LogP) is 1.27. The van der Waals surface area contributed by atoms with Crippen LogP contribution in [0.2, 0.25) is 0 Å². The molecule has 0 bridgehead atoms. The number of amides is 1. The second-order valence-corrected chi connectivity index (χ2v) is 4.74. The summed E-state index contributed by atoms with van der Waals surface area (Å²) >= 11 is 0. The molecule has 1 unspecified atom stereocenters. The lowest BCUT2D eigenvalue weighted by Crippen LogP contribution is -2.48.